The number of rotatable bonds is 7. The summed E-state index contributed by atoms with van der Waals surface area (Å²) in [6, 6.07) is 6.57. The molecule has 2 saturated heterocycles. The van der Waals surface area contributed by atoms with E-state index in [0.717, 1.165) is 25.9 Å². The fourth-order valence-corrected chi connectivity index (χ4v) is 5.81. The molecule has 3 heterocycles. The molecule has 12 heteroatoms. The van der Waals surface area contributed by atoms with Gasteiger partial charge in [0.15, 0.2) is 0 Å². The Morgan fingerprint density at radius 1 is 0.974 bits per heavy atom. The first-order valence-corrected chi connectivity index (χ1v) is 14.8. The average Bonchev–Trinajstić information content (AvgIpc) is 3.62. The van der Waals surface area contributed by atoms with Crippen molar-refractivity contribution in [2.24, 2.45) is 5.41 Å². The Morgan fingerprint density at radius 3 is 2.26 bits per heavy atom. The van der Waals surface area contributed by atoms with Crippen molar-refractivity contribution < 1.29 is 22.0 Å². The molecule has 1 saturated carbocycles. The van der Waals surface area contributed by atoms with Crippen molar-refractivity contribution in [1.29, 1.82) is 0 Å². The summed E-state index contributed by atoms with van der Waals surface area (Å²) < 4.78 is 54.2. The number of benzene rings is 1. The van der Waals surface area contributed by atoms with Gasteiger partial charge in [-0.2, -0.15) is 4.98 Å². The van der Waals surface area contributed by atoms with Crippen LogP contribution in [0.15, 0.2) is 24.3 Å². The van der Waals surface area contributed by atoms with Crippen molar-refractivity contribution in [3.05, 3.63) is 35.5 Å². The van der Waals surface area contributed by atoms with E-state index >= 15 is 0 Å². The zero-order chi connectivity index (χ0) is 27.1. The second-order valence-electron chi connectivity index (χ2n) is 10.7. The summed E-state index contributed by atoms with van der Waals surface area (Å²) in [7, 11) is -3.48. The summed E-state index contributed by atoms with van der Waals surface area (Å²) in [6.07, 6.45) is 4.05. The van der Waals surface area contributed by atoms with E-state index in [1.165, 1.54) is 12.8 Å². The molecule has 2 aliphatic heterocycles. The number of aryl methyl sites for hydroxylation is 1. The number of aromatic nitrogens is 2. The number of halogens is 2. The Balaban J connectivity index is 1.39. The molecule has 1 aromatic carbocycles. The Morgan fingerprint density at radius 2 is 1.63 bits per heavy atom. The van der Waals surface area contributed by atoms with Gasteiger partial charge >= 0.3 is 0 Å². The summed E-state index contributed by atoms with van der Waals surface area (Å²) in [5.41, 5.74) is 2.53. The number of anilines is 4. The van der Waals surface area contributed by atoms with E-state index < -0.39 is 15.9 Å². The Hall–Kier alpha value is -3.02. The molecule has 2 aromatic rings. The lowest BCUT2D eigenvalue weighted by molar-refractivity contribution is -0.0222. The van der Waals surface area contributed by atoms with Crippen molar-refractivity contribution >= 4 is 39.1 Å². The molecule has 5 rings (SSSR count). The number of alkyl halides is 2. The normalized spacial score (nSPS) is 20.3. The third kappa shape index (κ3) is 6.00. The first-order chi connectivity index (χ1) is 18.0. The third-order valence-electron chi connectivity index (χ3n) is 7.88. The highest BCUT2D eigenvalue weighted by Crippen LogP contribution is 2.54. The van der Waals surface area contributed by atoms with Crippen molar-refractivity contribution in [1.82, 2.24) is 9.97 Å². The van der Waals surface area contributed by atoms with Crippen LogP contribution in [0.2, 0.25) is 0 Å². The number of hydrogen-bond donors (Lipinski definition) is 2. The molecule has 1 spiro atoms. The van der Waals surface area contributed by atoms with E-state index in [4.69, 9.17) is 0 Å². The molecule has 0 radical (unpaired) electrons. The number of carbonyl (C=O) groups excluding carboxylic acids is 1. The monoisotopic (exact) mass is 548 g/mol. The summed E-state index contributed by atoms with van der Waals surface area (Å²) in [4.78, 5) is 26.2. The minimum Gasteiger partial charge on any atom is -0.371 e. The highest BCUT2D eigenvalue weighted by atomic mass is 32.2. The van der Waals surface area contributed by atoms with Gasteiger partial charge in [-0.1, -0.05) is 0 Å². The molecular weight excluding hydrogens is 514 g/mol. The number of hydrogen-bond acceptors (Lipinski definition) is 7. The van der Waals surface area contributed by atoms with Crippen LogP contribution in [0.3, 0.4) is 0 Å². The first kappa shape index (κ1) is 26.6. The largest absolute Gasteiger partial charge is 0.371 e. The van der Waals surface area contributed by atoms with Crippen LogP contribution in [0.25, 0.3) is 0 Å². The number of amides is 1. The summed E-state index contributed by atoms with van der Waals surface area (Å²) >= 11 is 0. The van der Waals surface area contributed by atoms with Crippen molar-refractivity contribution in [3.8, 4) is 0 Å². The topological polar surface area (TPSA) is 108 Å². The van der Waals surface area contributed by atoms with Gasteiger partial charge in [0.05, 0.1) is 22.7 Å². The fraction of sp³-hybridized carbons (Fsp3) is 0.577. The predicted octanol–water partition coefficient (Wildman–Crippen LogP) is 4.41. The smallest absolute Gasteiger partial charge is 0.258 e. The van der Waals surface area contributed by atoms with Gasteiger partial charge < -0.3 is 15.1 Å². The van der Waals surface area contributed by atoms with Gasteiger partial charge in [0.2, 0.25) is 16.0 Å². The molecule has 3 aliphatic rings. The van der Waals surface area contributed by atoms with Crippen LogP contribution in [0.1, 0.15) is 61.5 Å². The van der Waals surface area contributed by atoms with Crippen LogP contribution in [-0.2, 0) is 10.0 Å². The van der Waals surface area contributed by atoms with E-state index in [9.17, 15) is 22.0 Å². The van der Waals surface area contributed by atoms with E-state index in [2.05, 4.69) is 24.9 Å². The Labute approximate surface area is 222 Å². The lowest BCUT2D eigenvalue weighted by Crippen LogP contribution is -2.40. The number of sulfonamides is 1. The molecule has 0 unspecified atom stereocenters. The number of carbonyl (C=O) groups is 1. The molecule has 1 amide bonds. The molecule has 1 aromatic heterocycles. The second kappa shape index (κ2) is 9.94. The number of nitrogens with zero attached hydrogens (tertiary/aromatic N) is 4. The second-order valence-corrected chi connectivity index (χ2v) is 12.7. The highest BCUT2D eigenvalue weighted by molar-refractivity contribution is 7.92. The lowest BCUT2D eigenvalue weighted by Gasteiger charge is -2.35. The summed E-state index contributed by atoms with van der Waals surface area (Å²) in [5, 5.41) is 2.85. The van der Waals surface area contributed by atoms with Crippen molar-refractivity contribution in [2.45, 2.75) is 58.3 Å². The predicted molar refractivity (Wildman–Crippen MR) is 144 cm³/mol. The molecule has 9 nitrogen and oxygen atoms in total. The van der Waals surface area contributed by atoms with Gasteiger partial charge in [0.1, 0.15) is 5.82 Å². The maximum atomic E-state index is 13.6. The lowest BCUT2D eigenvalue weighted by atomic mass is 9.93. The quantitative estimate of drug-likeness (QED) is 0.528. The maximum Gasteiger partial charge on any atom is 0.258 e. The van der Waals surface area contributed by atoms with Crippen LogP contribution in [0.5, 0.6) is 0 Å². The molecule has 0 bridgehead atoms. The molecule has 38 heavy (non-hydrogen) atoms. The van der Waals surface area contributed by atoms with Crippen LogP contribution < -0.4 is 19.8 Å². The zero-order valence-corrected chi connectivity index (χ0v) is 22.6. The molecule has 0 atom stereocenters. The van der Waals surface area contributed by atoms with E-state index in [0.29, 0.717) is 34.0 Å². The fourth-order valence-electron chi connectivity index (χ4n) is 5.18. The number of piperidine rings is 2. The van der Waals surface area contributed by atoms with E-state index in [1.807, 2.05) is 0 Å². The first-order valence-electron chi connectivity index (χ1n) is 13.2. The van der Waals surface area contributed by atoms with Crippen molar-refractivity contribution in [2.75, 3.05) is 51.8 Å². The molecule has 2 N–H and O–H groups in total. The minimum absolute atomic E-state index is 0.0547. The van der Waals surface area contributed by atoms with E-state index in [-0.39, 0.29) is 43.4 Å². The molecule has 3 fully saturated rings. The minimum atomic E-state index is -3.48. The average molecular weight is 549 g/mol. The summed E-state index contributed by atoms with van der Waals surface area (Å²) in [6.45, 7) is 5.19. The van der Waals surface area contributed by atoms with Gasteiger partial charge in [0, 0.05) is 50.8 Å². The molecular formula is C26H34F2N6O3S. The zero-order valence-electron chi connectivity index (χ0n) is 21.8. The van der Waals surface area contributed by atoms with Crippen molar-refractivity contribution in [3.63, 3.8) is 0 Å². The van der Waals surface area contributed by atoms with Gasteiger partial charge in [-0.25, -0.2) is 22.2 Å². The molecule has 1 aliphatic carbocycles. The maximum absolute atomic E-state index is 13.6. The number of nitrogens with one attached hydrogen (secondary N) is 2. The highest BCUT2D eigenvalue weighted by Gasteiger charge is 2.44. The Bertz CT molecular complexity index is 1310. The van der Waals surface area contributed by atoms with Gasteiger partial charge in [-0.3, -0.25) is 9.52 Å². The van der Waals surface area contributed by atoms with Crippen LogP contribution in [0, 0.1) is 12.3 Å². The summed E-state index contributed by atoms with van der Waals surface area (Å²) in [5.74, 6) is -2.52. The van der Waals surface area contributed by atoms with Gasteiger partial charge in [-0.05, 0) is 63.1 Å². The standard InChI is InChI=1S/C26H34F2N6O3S/c1-3-38(36,37)32-19-4-5-20(21(17-19)33-12-8-25(6-7-25)9-13-33)23(35)30-22-16-18(2)29-24(31-22)34-14-10-26(27,28)11-15-34/h4-5,16-17,32H,3,6-15H2,1-2H3,(H,29,30,31,35). The third-order valence-corrected chi connectivity index (χ3v) is 9.19. The Kier molecular flexibility index (Phi) is 6.95. The van der Waals surface area contributed by atoms with Gasteiger partial charge in [-0.15, -0.1) is 0 Å². The van der Waals surface area contributed by atoms with Gasteiger partial charge in [0.25, 0.3) is 11.8 Å². The van der Waals surface area contributed by atoms with E-state index in [1.54, 1.807) is 43.0 Å². The SMILES string of the molecule is CCS(=O)(=O)Nc1ccc(C(=O)Nc2cc(C)nc(N3CCC(F)(F)CC3)n2)c(N2CCC3(CC2)CC3)c1. The van der Waals surface area contributed by atoms with Crippen LogP contribution >= 0.6 is 0 Å². The van der Waals surface area contributed by atoms with Crippen LogP contribution in [0.4, 0.5) is 31.9 Å². The van der Waals surface area contributed by atoms with Crippen LogP contribution in [-0.4, -0.2) is 62.1 Å². The molecule has 206 valence electrons.